The molecular weight excluding hydrogens is 300 g/mol. The van der Waals surface area contributed by atoms with Crippen LogP contribution >= 0.6 is 39.0 Å². The van der Waals surface area contributed by atoms with Crippen LogP contribution in [0.3, 0.4) is 0 Å². The van der Waals surface area contributed by atoms with Gasteiger partial charge in [0.2, 0.25) is 0 Å². The highest BCUT2D eigenvalue weighted by Gasteiger charge is 2.14. The maximum atomic E-state index is 3.80. The fraction of sp³-hybridized carbons (Fsp3) is 0.231. The number of hydrogen-bond donors (Lipinski definition) is 0. The van der Waals surface area contributed by atoms with Gasteiger partial charge in [0.15, 0.2) is 0 Å². The van der Waals surface area contributed by atoms with Gasteiger partial charge in [-0.05, 0) is 36.9 Å². The zero-order valence-electron chi connectivity index (χ0n) is 9.24. The molecule has 0 bridgehead atoms. The van der Waals surface area contributed by atoms with Crippen LogP contribution in [0, 0.1) is 6.92 Å². The minimum absolute atomic E-state index is 0.315. The summed E-state index contributed by atoms with van der Waals surface area (Å²) in [6.07, 6.45) is 2.12. The molecule has 1 heterocycles. The van der Waals surface area contributed by atoms with E-state index in [0.29, 0.717) is 4.83 Å². The first-order valence-corrected chi connectivity index (χ1v) is 8.01. The molecule has 0 spiro atoms. The molecule has 0 saturated carbocycles. The highest BCUT2D eigenvalue weighted by Crippen LogP contribution is 2.38. The first-order valence-electron chi connectivity index (χ1n) is 5.05. The van der Waals surface area contributed by atoms with Gasteiger partial charge in [-0.25, -0.2) is 0 Å². The third-order valence-corrected chi connectivity index (χ3v) is 5.59. The smallest absolute Gasteiger partial charge is 0.0748 e. The Bertz CT molecular complexity index is 476. The summed E-state index contributed by atoms with van der Waals surface area (Å²) >= 11 is 7.45. The van der Waals surface area contributed by atoms with Crippen molar-refractivity contribution in [2.24, 2.45) is 0 Å². The molecular formula is C13H13BrS2. The lowest BCUT2D eigenvalue weighted by Crippen LogP contribution is -1.91. The van der Waals surface area contributed by atoms with Crippen LogP contribution in [0.5, 0.6) is 0 Å². The molecule has 3 heteroatoms. The molecule has 1 atom stereocenters. The third-order valence-electron chi connectivity index (χ3n) is 2.42. The average molecular weight is 313 g/mol. The van der Waals surface area contributed by atoms with E-state index in [9.17, 15) is 0 Å². The molecule has 16 heavy (non-hydrogen) atoms. The fourth-order valence-corrected chi connectivity index (χ4v) is 4.11. The summed E-state index contributed by atoms with van der Waals surface area (Å²) in [6.45, 7) is 2.15. The van der Waals surface area contributed by atoms with E-state index < -0.39 is 0 Å². The molecule has 1 aromatic carbocycles. The summed E-state index contributed by atoms with van der Waals surface area (Å²) in [6, 6.07) is 12.9. The van der Waals surface area contributed by atoms with Crippen LogP contribution in [-0.4, -0.2) is 6.26 Å². The minimum Gasteiger partial charge on any atom is -0.144 e. The lowest BCUT2D eigenvalue weighted by atomic mass is 10.1. The van der Waals surface area contributed by atoms with Crippen molar-refractivity contribution in [2.75, 3.05) is 6.26 Å². The van der Waals surface area contributed by atoms with Gasteiger partial charge >= 0.3 is 0 Å². The molecule has 0 aliphatic heterocycles. The number of halogens is 1. The summed E-state index contributed by atoms with van der Waals surface area (Å²) in [5, 5.41) is 0. The predicted molar refractivity (Wildman–Crippen MR) is 78.0 cm³/mol. The largest absolute Gasteiger partial charge is 0.144 e. The number of rotatable bonds is 3. The molecule has 2 rings (SSSR count). The van der Waals surface area contributed by atoms with Gasteiger partial charge in [-0.3, -0.25) is 0 Å². The lowest BCUT2D eigenvalue weighted by Gasteiger charge is -2.12. The van der Waals surface area contributed by atoms with Crippen LogP contribution in [0.15, 0.2) is 41.3 Å². The molecule has 0 amide bonds. The normalized spacial score (nSPS) is 12.7. The van der Waals surface area contributed by atoms with Crippen LogP contribution < -0.4 is 0 Å². The molecule has 0 fully saturated rings. The van der Waals surface area contributed by atoms with Crippen molar-refractivity contribution in [1.82, 2.24) is 0 Å². The fourth-order valence-electron chi connectivity index (χ4n) is 1.62. The van der Waals surface area contributed by atoms with E-state index in [2.05, 4.69) is 65.5 Å². The van der Waals surface area contributed by atoms with Gasteiger partial charge in [-0.1, -0.05) is 34.1 Å². The molecule has 0 aliphatic rings. The van der Waals surface area contributed by atoms with Crippen LogP contribution in [0.4, 0.5) is 0 Å². The zero-order chi connectivity index (χ0) is 11.5. The second kappa shape index (κ2) is 5.39. The maximum absolute atomic E-state index is 3.80. The van der Waals surface area contributed by atoms with Gasteiger partial charge in [0, 0.05) is 14.6 Å². The Morgan fingerprint density at radius 2 is 1.94 bits per heavy atom. The molecule has 2 aromatic rings. The van der Waals surface area contributed by atoms with Gasteiger partial charge in [0.1, 0.15) is 0 Å². The van der Waals surface area contributed by atoms with Crippen molar-refractivity contribution in [3.05, 3.63) is 51.7 Å². The maximum Gasteiger partial charge on any atom is 0.0748 e. The van der Waals surface area contributed by atoms with Gasteiger partial charge < -0.3 is 0 Å². The van der Waals surface area contributed by atoms with E-state index in [4.69, 9.17) is 0 Å². The lowest BCUT2D eigenvalue weighted by molar-refractivity contribution is 1.15. The number of aryl methyl sites for hydroxylation is 1. The molecule has 0 N–H and O–H groups in total. The van der Waals surface area contributed by atoms with Crippen LogP contribution in [0.25, 0.3) is 0 Å². The number of hydrogen-bond acceptors (Lipinski definition) is 2. The summed E-state index contributed by atoms with van der Waals surface area (Å²) in [4.78, 5) is 4.39. The predicted octanol–water partition coefficient (Wildman–Crippen LogP) is 5.26. The van der Waals surface area contributed by atoms with E-state index >= 15 is 0 Å². The average Bonchev–Trinajstić information content (AvgIpc) is 2.75. The number of benzene rings is 1. The SMILES string of the molecule is CSc1ccccc1C(Br)c1ccc(C)s1. The van der Waals surface area contributed by atoms with E-state index in [0.717, 1.165) is 0 Å². The summed E-state index contributed by atoms with van der Waals surface area (Å²) in [7, 11) is 0. The molecule has 1 aromatic heterocycles. The van der Waals surface area contributed by atoms with E-state index in [1.165, 1.54) is 20.2 Å². The number of thiophene rings is 1. The van der Waals surface area contributed by atoms with Crippen molar-refractivity contribution in [3.63, 3.8) is 0 Å². The zero-order valence-corrected chi connectivity index (χ0v) is 12.5. The van der Waals surface area contributed by atoms with Crippen molar-refractivity contribution in [1.29, 1.82) is 0 Å². The molecule has 1 unspecified atom stereocenters. The third kappa shape index (κ3) is 2.53. The van der Waals surface area contributed by atoms with E-state index in [1.54, 1.807) is 11.8 Å². The topological polar surface area (TPSA) is 0 Å². The molecule has 0 aliphatic carbocycles. The summed E-state index contributed by atoms with van der Waals surface area (Å²) in [5.74, 6) is 0. The molecule has 84 valence electrons. The minimum atomic E-state index is 0.315. The Morgan fingerprint density at radius 1 is 1.19 bits per heavy atom. The van der Waals surface area contributed by atoms with Gasteiger partial charge in [-0.2, -0.15) is 0 Å². The molecule has 0 nitrogen and oxygen atoms in total. The van der Waals surface area contributed by atoms with Crippen molar-refractivity contribution >= 4 is 39.0 Å². The Labute approximate surface area is 113 Å². The quantitative estimate of drug-likeness (QED) is 0.550. The monoisotopic (exact) mass is 312 g/mol. The number of thioether (sulfide) groups is 1. The Morgan fingerprint density at radius 3 is 2.56 bits per heavy atom. The summed E-state index contributed by atoms with van der Waals surface area (Å²) in [5.41, 5.74) is 1.36. The van der Waals surface area contributed by atoms with Crippen molar-refractivity contribution in [2.45, 2.75) is 16.6 Å². The second-order valence-electron chi connectivity index (χ2n) is 3.55. The Kier molecular flexibility index (Phi) is 4.11. The highest BCUT2D eigenvalue weighted by atomic mass is 79.9. The molecule has 0 saturated heterocycles. The first kappa shape index (κ1) is 12.2. The highest BCUT2D eigenvalue weighted by molar-refractivity contribution is 9.09. The Hall–Kier alpha value is -0.250. The van der Waals surface area contributed by atoms with Crippen LogP contribution in [0.2, 0.25) is 0 Å². The van der Waals surface area contributed by atoms with E-state index in [1.807, 2.05) is 11.3 Å². The van der Waals surface area contributed by atoms with Crippen LogP contribution in [0.1, 0.15) is 20.1 Å². The standard InChI is InChI=1S/C13H13BrS2/c1-9-7-8-12(16-9)13(14)10-5-3-4-6-11(10)15-2/h3-8,13H,1-2H3. The second-order valence-corrected chi connectivity index (χ2v) is 6.64. The van der Waals surface area contributed by atoms with Gasteiger partial charge in [0.05, 0.1) is 4.83 Å². The van der Waals surface area contributed by atoms with E-state index in [-0.39, 0.29) is 0 Å². The van der Waals surface area contributed by atoms with Crippen molar-refractivity contribution < 1.29 is 0 Å². The van der Waals surface area contributed by atoms with Gasteiger partial charge in [-0.15, -0.1) is 23.1 Å². The van der Waals surface area contributed by atoms with Crippen molar-refractivity contribution in [3.8, 4) is 0 Å². The Balaban J connectivity index is 2.36. The molecule has 0 radical (unpaired) electrons. The van der Waals surface area contributed by atoms with Gasteiger partial charge in [0.25, 0.3) is 0 Å². The van der Waals surface area contributed by atoms with Crippen LogP contribution in [-0.2, 0) is 0 Å². The number of alkyl halides is 1. The first-order chi connectivity index (χ1) is 7.72. The summed E-state index contributed by atoms with van der Waals surface area (Å²) < 4.78 is 0.